The fourth-order valence-electron chi connectivity index (χ4n) is 3.92. The number of rotatable bonds is 3. The molecule has 1 unspecified atom stereocenters. The van der Waals surface area contributed by atoms with Gasteiger partial charge in [0.25, 0.3) is 0 Å². The van der Waals surface area contributed by atoms with Crippen molar-refractivity contribution in [3.63, 3.8) is 0 Å². The third kappa shape index (κ3) is 2.43. The Morgan fingerprint density at radius 1 is 0.875 bits per heavy atom. The van der Waals surface area contributed by atoms with Crippen molar-refractivity contribution in [2.45, 2.75) is 51.0 Å². The molecule has 2 nitrogen and oxygen atoms in total. The molecule has 1 saturated carbocycles. The fourth-order valence-corrected chi connectivity index (χ4v) is 3.92. The van der Waals surface area contributed by atoms with E-state index in [-0.39, 0.29) is 0 Å². The molecule has 2 heterocycles. The number of fused-ring (bicyclic) bond motifs is 1. The van der Waals surface area contributed by atoms with Crippen molar-refractivity contribution in [2.24, 2.45) is 5.92 Å². The molecule has 3 rings (SSSR count). The van der Waals surface area contributed by atoms with Crippen LogP contribution in [-0.2, 0) is 0 Å². The first kappa shape index (κ1) is 11.0. The van der Waals surface area contributed by atoms with Gasteiger partial charge in [-0.25, -0.2) is 0 Å². The van der Waals surface area contributed by atoms with Gasteiger partial charge in [0.2, 0.25) is 0 Å². The smallest absolute Gasteiger partial charge is 0.0224 e. The van der Waals surface area contributed by atoms with E-state index in [2.05, 4.69) is 9.80 Å². The quantitative estimate of drug-likeness (QED) is 0.723. The van der Waals surface area contributed by atoms with Gasteiger partial charge in [0.15, 0.2) is 0 Å². The van der Waals surface area contributed by atoms with Gasteiger partial charge in [-0.05, 0) is 38.3 Å². The molecule has 0 radical (unpaired) electrons. The van der Waals surface area contributed by atoms with Crippen LogP contribution in [0.15, 0.2) is 0 Å². The summed E-state index contributed by atoms with van der Waals surface area (Å²) in [5.74, 6) is 1.07. The van der Waals surface area contributed by atoms with Gasteiger partial charge in [-0.1, -0.05) is 25.7 Å². The third-order valence-electron chi connectivity index (χ3n) is 5.00. The van der Waals surface area contributed by atoms with Crippen molar-refractivity contribution in [2.75, 3.05) is 32.7 Å². The van der Waals surface area contributed by atoms with Crippen molar-refractivity contribution >= 4 is 0 Å². The molecule has 0 amide bonds. The van der Waals surface area contributed by atoms with E-state index >= 15 is 0 Å². The van der Waals surface area contributed by atoms with Gasteiger partial charge < -0.3 is 4.90 Å². The summed E-state index contributed by atoms with van der Waals surface area (Å²) in [6.07, 6.45) is 10.4. The van der Waals surface area contributed by atoms with E-state index in [1.807, 2.05) is 0 Å². The first-order chi connectivity index (χ1) is 7.92. The van der Waals surface area contributed by atoms with Gasteiger partial charge in [-0.3, -0.25) is 4.90 Å². The van der Waals surface area contributed by atoms with Gasteiger partial charge in [-0.15, -0.1) is 0 Å². The highest BCUT2D eigenvalue weighted by atomic mass is 15.3. The molecule has 0 spiro atoms. The second kappa shape index (κ2) is 5.05. The molecule has 1 aliphatic carbocycles. The lowest BCUT2D eigenvalue weighted by molar-refractivity contribution is 0.0998. The van der Waals surface area contributed by atoms with Crippen LogP contribution in [0.2, 0.25) is 0 Å². The standard InChI is InChI=1S/C14H26N2/c1-2-5-13(4-1)7-9-15-10-11-16-8-3-6-14(16)12-15/h13-14H,1-12H2. The number of hydrogen-bond acceptors (Lipinski definition) is 2. The van der Waals surface area contributed by atoms with Crippen LogP contribution in [0.3, 0.4) is 0 Å². The summed E-state index contributed by atoms with van der Waals surface area (Å²) in [6.45, 7) is 6.81. The summed E-state index contributed by atoms with van der Waals surface area (Å²) < 4.78 is 0. The van der Waals surface area contributed by atoms with Crippen LogP contribution < -0.4 is 0 Å². The molecule has 0 N–H and O–H groups in total. The zero-order chi connectivity index (χ0) is 10.8. The highest BCUT2D eigenvalue weighted by Crippen LogP contribution is 2.28. The minimum absolute atomic E-state index is 0.914. The Labute approximate surface area is 100.0 Å². The molecule has 0 bridgehead atoms. The Balaban J connectivity index is 1.42. The minimum atomic E-state index is 0.914. The highest BCUT2D eigenvalue weighted by molar-refractivity contribution is 4.87. The van der Waals surface area contributed by atoms with Crippen LogP contribution >= 0.6 is 0 Å². The maximum Gasteiger partial charge on any atom is 0.0224 e. The lowest BCUT2D eigenvalue weighted by Crippen LogP contribution is -2.50. The first-order valence-corrected chi connectivity index (χ1v) is 7.38. The largest absolute Gasteiger partial charge is 0.301 e. The Morgan fingerprint density at radius 3 is 2.62 bits per heavy atom. The summed E-state index contributed by atoms with van der Waals surface area (Å²) in [4.78, 5) is 5.46. The van der Waals surface area contributed by atoms with Gasteiger partial charge >= 0.3 is 0 Å². The van der Waals surface area contributed by atoms with Crippen LogP contribution in [0.1, 0.15) is 44.9 Å². The van der Waals surface area contributed by atoms with E-state index < -0.39 is 0 Å². The molecule has 2 saturated heterocycles. The SMILES string of the molecule is C1CCC(CCN2CCN3CCCC3C2)C1. The molecule has 2 aliphatic heterocycles. The van der Waals surface area contributed by atoms with Crippen LogP contribution in [0.25, 0.3) is 0 Å². The van der Waals surface area contributed by atoms with E-state index in [1.54, 1.807) is 0 Å². The minimum Gasteiger partial charge on any atom is -0.301 e. The molecule has 0 aromatic heterocycles. The number of nitrogens with zero attached hydrogens (tertiary/aromatic N) is 2. The van der Waals surface area contributed by atoms with E-state index in [0.717, 1.165) is 12.0 Å². The predicted octanol–water partition coefficient (Wildman–Crippen LogP) is 2.35. The zero-order valence-corrected chi connectivity index (χ0v) is 10.5. The maximum absolute atomic E-state index is 2.74. The Hall–Kier alpha value is -0.0800. The molecule has 16 heavy (non-hydrogen) atoms. The van der Waals surface area contributed by atoms with E-state index in [4.69, 9.17) is 0 Å². The Kier molecular flexibility index (Phi) is 3.49. The molecule has 92 valence electrons. The van der Waals surface area contributed by atoms with Crippen molar-refractivity contribution in [3.8, 4) is 0 Å². The molecule has 0 aromatic carbocycles. The van der Waals surface area contributed by atoms with Crippen molar-refractivity contribution in [1.29, 1.82) is 0 Å². The van der Waals surface area contributed by atoms with Crippen molar-refractivity contribution in [1.82, 2.24) is 9.80 Å². The van der Waals surface area contributed by atoms with E-state index in [1.165, 1.54) is 77.7 Å². The zero-order valence-electron chi connectivity index (χ0n) is 10.5. The fraction of sp³-hybridized carbons (Fsp3) is 1.00. The average Bonchev–Trinajstić information content (AvgIpc) is 2.97. The lowest BCUT2D eigenvalue weighted by Gasteiger charge is -2.37. The van der Waals surface area contributed by atoms with Crippen LogP contribution in [0.5, 0.6) is 0 Å². The second-order valence-corrected chi connectivity index (χ2v) is 6.07. The second-order valence-electron chi connectivity index (χ2n) is 6.07. The number of piperazine rings is 1. The first-order valence-electron chi connectivity index (χ1n) is 7.38. The van der Waals surface area contributed by atoms with E-state index in [0.29, 0.717) is 0 Å². The summed E-state index contributed by atoms with van der Waals surface area (Å²) in [5, 5.41) is 0. The average molecular weight is 222 g/mol. The van der Waals surface area contributed by atoms with Crippen LogP contribution in [0.4, 0.5) is 0 Å². The van der Waals surface area contributed by atoms with Crippen LogP contribution in [0, 0.1) is 5.92 Å². The maximum atomic E-state index is 2.74. The van der Waals surface area contributed by atoms with E-state index in [9.17, 15) is 0 Å². The predicted molar refractivity (Wildman–Crippen MR) is 67.6 cm³/mol. The molecule has 1 atom stereocenters. The lowest BCUT2D eigenvalue weighted by atomic mass is 10.0. The molecule has 0 aromatic rings. The molecular weight excluding hydrogens is 196 g/mol. The third-order valence-corrected chi connectivity index (χ3v) is 5.00. The summed E-state index contributed by atoms with van der Waals surface area (Å²) in [7, 11) is 0. The Bertz CT molecular complexity index is 223. The van der Waals surface area contributed by atoms with Gasteiger partial charge in [0.1, 0.15) is 0 Å². The Morgan fingerprint density at radius 2 is 1.75 bits per heavy atom. The molecule has 2 heteroatoms. The van der Waals surface area contributed by atoms with Gasteiger partial charge in [0.05, 0.1) is 0 Å². The van der Waals surface area contributed by atoms with Gasteiger partial charge in [0, 0.05) is 25.7 Å². The monoisotopic (exact) mass is 222 g/mol. The van der Waals surface area contributed by atoms with Crippen molar-refractivity contribution in [3.05, 3.63) is 0 Å². The number of hydrogen-bond donors (Lipinski definition) is 0. The molecule has 3 fully saturated rings. The van der Waals surface area contributed by atoms with Crippen molar-refractivity contribution < 1.29 is 0 Å². The van der Waals surface area contributed by atoms with Crippen LogP contribution in [-0.4, -0.2) is 48.6 Å². The molecule has 3 aliphatic rings. The summed E-state index contributed by atoms with van der Waals surface area (Å²) in [6, 6.07) is 0.914. The molecular formula is C14H26N2. The summed E-state index contributed by atoms with van der Waals surface area (Å²) in [5.41, 5.74) is 0. The topological polar surface area (TPSA) is 6.48 Å². The summed E-state index contributed by atoms with van der Waals surface area (Å²) >= 11 is 0. The highest BCUT2D eigenvalue weighted by Gasteiger charge is 2.30. The normalized spacial score (nSPS) is 33.4. The van der Waals surface area contributed by atoms with Gasteiger partial charge in [-0.2, -0.15) is 0 Å².